The van der Waals surface area contributed by atoms with E-state index >= 15 is 0 Å². The summed E-state index contributed by atoms with van der Waals surface area (Å²) in [5.41, 5.74) is 0.723. The van der Waals surface area contributed by atoms with E-state index in [1.165, 1.54) is 0 Å². The smallest absolute Gasteiger partial charge is 0.179 e. The summed E-state index contributed by atoms with van der Waals surface area (Å²) < 4.78 is 10.4. The Bertz CT molecular complexity index is 431. The molecular weight excluding hydrogens is 252 g/mol. The average molecular weight is 271 g/mol. The Labute approximate surface area is 113 Å². The topological polar surface area (TPSA) is 45.6 Å². The van der Waals surface area contributed by atoms with Crippen molar-refractivity contribution in [3.63, 3.8) is 0 Å². The van der Waals surface area contributed by atoms with Gasteiger partial charge in [-0.2, -0.15) is 0 Å². The Hall–Kier alpha value is -1.42. The van der Waals surface area contributed by atoms with Crippen molar-refractivity contribution in [2.24, 2.45) is 0 Å². The normalized spacial score (nSPS) is 10.1. The van der Waals surface area contributed by atoms with E-state index in [0.717, 1.165) is 18.7 Å². The molecule has 0 aromatic heterocycles. The van der Waals surface area contributed by atoms with E-state index in [-0.39, 0.29) is 0 Å². The molecule has 0 aliphatic carbocycles. The summed E-state index contributed by atoms with van der Waals surface area (Å²) >= 11 is 6.13. The summed E-state index contributed by atoms with van der Waals surface area (Å²) in [6, 6.07) is 3.49. The fraction of sp³-hybridized carbons (Fsp3) is 0.462. The van der Waals surface area contributed by atoms with E-state index in [9.17, 15) is 0 Å². The fourth-order valence-corrected chi connectivity index (χ4v) is 2.06. The summed E-state index contributed by atoms with van der Waals surface area (Å²) in [7, 11) is 3.10. The number of amidine groups is 1. The number of hydrogen-bond acceptors (Lipinski definition) is 3. The van der Waals surface area contributed by atoms with Crippen molar-refractivity contribution in [3.05, 3.63) is 22.7 Å². The first-order valence-corrected chi connectivity index (χ1v) is 6.22. The zero-order chi connectivity index (χ0) is 13.7. The third-order valence-electron chi connectivity index (χ3n) is 2.79. The maximum Gasteiger partial charge on any atom is 0.179 e. The molecule has 100 valence electrons. The van der Waals surface area contributed by atoms with E-state index in [4.69, 9.17) is 26.5 Å². The summed E-state index contributed by atoms with van der Waals surface area (Å²) in [5.74, 6) is 1.47. The van der Waals surface area contributed by atoms with Gasteiger partial charge in [0, 0.05) is 18.7 Å². The van der Waals surface area contributed by atoms with Gasteiger partial charge in [-0.3, -0.25) is 5.41 Å². The first-order chi connectivity index (χ1) is 8.58. The summed E-state index contributed by atoms with van der Waals surface area (Å²) in [6.45, 7) is 5.59. The van der Waals surface area contributed by atoms with Crippen LogP contribution in [0.1, 0.15) is 19.4 Å². The van der Waals surface area contributed by atoms with E-state index in [2.05, 4.69) is 0 Å². The molecule has 1 rings (SSSR count). The number of benzene rings is 1. The van der Waals surface area contributed by atoms with Gasteiger partial charge in [0.15, 0.2) is 11.5 Å². The van der Waals surface area contributed by atoms with Crippen LogP contribution in [0.4, 0.5) is 0 Å². The highest BCUT2D eigenvalue weighted by molar-refractivity contribution is 6.32. The molecule has 0 radical (unpaired) electrons. The molecule has 18 heavy (non-hydrogen) atoms. The highest BCUT2D eigenvalue weighted by Crippen LogP contribution is 2.36. The molecule has 0 saturated heterocycles. The largest absolute Gasteiger partial charge is 0.493 e. The van der Waals surface area contributed by atoms with Gasteiger partial charge in [-0.05, 0) is 26.0 Å². The number of hydrogen-bond donors (Lipinski definition) is 1. The van der Waals surface area contributed by atoms with Crippen LogP contribution in [0.2, 0.25) is 5.02 Å². The lowest BCUT2D eigenvalue weighted by Gasteiger charge is -2.22. The molecule has 1 aromatic rings. The third kappa shape index (κ3) is 2.88. The zero-order valence-corrected chi connectivity index (χ0v) is 12.0. The van der Waals surface area contributed by atoms with Gasteiger partial charge in [-0.25, -0.2) is 0 Å². The molecular formula is C13H19ClN2O2. The fourth-order valence-electron chi connectivity index (χ4n) is 1.78. The highest BCUT2D eigenvalue weighted by Gasteiger charge is 2.15. The third-order valence-corrected chi connectivity index (χ3v) is 3.07. The lowest BCUT2D eigenvalue weighted by Crippen LogP contribution is -2.30. The van der Waals surface area contributed by atoms with Crippen LogP contribution in [-0.2, 0) is 0 Å². The lowest BCUT2D eigenvalue weighted by atomic mass is 10.1. The van der Waals surface area contributed by atoms with Crippen molar-refractivity contribution < 1.29 is 9.47 Å². The first-order valence-electron chi connectivity index (χ1n) is 5.84. The molecule has 0 saturated carbocycles. The average Bonchev–Trinajstić information content (AvgIpc) is 2.38. The lowest BCUT2D eigenvalue weighted by molar-refractivity contribution is 0.355. The van der Waals surface area contributed by atoms with Crippen molar-refractivity contribution in [2.45, 2.75) is 13.8 Å². The van der Waals surface area contributed by atoms with Crippen molar-refractivity contribution in [2.75, 3.05) is 27.3 Å². The number of nitrogens with one attached hydrogen (secondary N) is 1. The molecule has 1 aromatic carbocycles. The molecule has 0 atom stereocenters. The molecule has 4 nitrogen and oxygen atoms in total. The summed E-state index contributed by atoms with van der Waals surface area (Å²) in [4.78, 5) is 1.94. The van der Waals surface area contributed by atoms with Crippen LogP contribution in [-0.4, -0.2) is 38.0 Å². The Balaban J connectivity index is 3.19. The predicted octanol–water partition coefficient (Wildman–Crippen LogP) is 3.02. The molecule has 0 fully saturated rings. The minimum atomic E-state index is 0.433. The summed E-state index contributed by atoms with van der Waals surface area (Å²) in [5, 5.41) is 8.60. The molecule has 0 aliphatic heterocycles. The Morgan fingerprint density at radius 2 is 1.83 bits per heavy atom. The maximum absolute atomic E-state index is 8.15. The standard InChI is InChI=1S/C13H19ClN2O2/c1-5-16(6-2)13(15)9-7-10(14)12(18-4)11(8-9)17-3/h7-8,15H,5-6H2,1-4H3. The number of rotatable bonds is 5. The first kappa shape index (κ1) is 14.6. The quantitative estimate of drug-likeness (QED) is 0.661. The molecule has 0 unspecified atom stereocenters. The SMILES string of the molecule is CCN(CC)C(=N)c1cc(Cl)c(OC)c(OC)c1. The highest BCUT2D eigenvalue weighted by atomic mass is 35.5. The van der Waals surface area contributed by atoms with E-state index in [1.807, 2.05) is 18.7 Å². The van der Waals surface area contributed by atoms with Crippen LogP contribution in [0, 0.1) is 5.41 Å². The van der Waals surface area contributed by atoms with Crippen LogP contribution >= 0.6 is 11.6 Å². The second-order valence-corrected chi connectivity index (χ2v) is 4.12. The van der Waals surface area contributed by atoms with Gasteiger partial charge in [-0.15, -0.1) is 0 Å². The maximum atomic E-state index is 8.15. The van der Waals surface area contributed by atoms with Crippen LogP contribution in [0.15, 0.2) is 12.1 Å². The number of halogens is 1. The summed E-state index contributed by atoms with van der Waals surface area (Å²) in [6.07, 6.45) is 0. The van der Waals surface area contributed by atoms with Gasteiger partial charge in [0.25, 0.3) is 0 Å². The molecule has 0 heterocycles. The van der Waals surface area contributed by atoms with Crippen molar-refractivity contribution in [1.82, 2.24) is 4.90 Å². The van der Waals surface area contributed by atoms with Crippen molar-refractivity contribution in [3.8, 4) is 11.5 Å². The van der Waals surface area contributed by atoms with Crippen LogP contribution < -0.4 is 9.47 Å². The van der Waals surface area contributed by atoms with Crippen LogP contribution in [0.5, 0.6) is 11.5 Å². The molecule has 0 bridgehead atoms. The molecule has 0 aliphatic rings. The van der Waals surface area contributed by atoms with Crippen molar-refractivity contribution in [1.29, 1.82) is 5.41 Å². The van der Waals surface area contributed by atoms with Gasteiger partial charge in [0.05, 0.1) is 19.2 Å². The Morgan fingerprint density at radius 1 is 1.22 bits per heavy atom. The van der Waals surface area contributed by atoms with E-state index in [0.29, 0.717) is 22.4 Å². The minimum absolute atomic E-state index is 0.433. The van der Waals surface area contributed by atoms with E-state index < -0.39 is 0 Å². The Kier molecular flexibility index (Phi) is 5.28. The van der Waals surface area contributed by atoms with E-state index in [1.54, 1.807) is 26.4 Å². The van der Waals surface area contributed by atoms with Gasteiger partial charge in [0.2, 0.25) is 0 Å². The molecule has 5 heteroatoms. The molecule has 1 N–H and O–H groups in total. The number of nitrogens with zero attached hydrogens (tertiary/aromatic N) is 1. The minimum Gasteiger partial charge on any atom is -0.493 e. The van der Waals surface area contributed by atoms with Crippen LogP contribution in [0.3, 0.4) is 0 Å². The van der Waals surface area contributed by atoms with Crippen molar-refractivity contribution >= 4 is 17.4 Å². The number of methoxy groups -OCH3 is 2. The second kappa shape index (κ2) is 6.50. The van der Waals surface area contributed by atoms with Gasteiger partial charge in [-0.1, -0.05) is 11.6 Å². The Morgan fingerprint density at radius 3 is 2.28 bits per heavy atom. The zero-order valence-electron chi connectivity index (χ0n) is 11.2. The monoisotopic (exact) mass is 270 g/mol. The molecule has 0 spiro atoms. The number of ether oxygens (including phenoxy) is 2. The van der Waals surface area contributed by atoms with Gasteiger partial charge < -0.3 is 14.4 Å². The van der Waals surface area contributed by atoms with Gasteiger partial charge >= 0.3 is 0 Å². The second-order valence-electron chi connectivity index (χ2n) is 3.71. The molecule has 0 amide bonds. The van der Waals surface area contributed by atoms with Crippen LogP contribution in [0.25, 0.3) is 0 Å². The van der Waals surface area contributed by atoms with Gasteiger partial charge in [0.1, 0.15) is 5.84 Å². The predicted molar refractivity (Wildman–Crippen MR) is 74.3 cm³/mol.